The number of nitrogens with one attached hydrogen (secondary N) is 1. The molecule has 2 aromatic carbocycles. The molecule has 5 nitrogen and oxygen atoms in total. The van der Waals surface area contributed by atoms with Gasteiger partial charge in [-0.25, -0.2) is 0 Å². The van der Waals surface area contributed by atoms with E-state index in [1.54, 1.807) is 11.8 Å². The maximum atomic E-state index is 10.1. The first-order chi connectivity index (χ1) is 14.7. The number of nitrogens with zero attached hydrogens (tertiary/aromatic N) is 1. The second kappa shape index (κ2) is 8.81. The summed E-state index contributed by atoms with van der Waals surface area (Å²) in [7, 11) is 0. The largest absolute Gasteiger partial charge is 0.489 e. The van der Waals surface area contributed by atoms with Crippen molar-refractivity contribution in [3.05, 3.63) is 48.2 Å². The first kappa shape index (κ1) is 22.1. The smallest absolute Gasteiger partial charge is 0.147 e. The van der Waals surface area contributed by atoms with Crippen LogP contribution >= 0.6 is 24.4 Å². The van der Waals surface area contributed by atoms with Gasteiger partial charge in [-0.3, -0.25) is 4.99 Å². The minimum Gasteiger partial charge on any atom is -0.489 e. The number of thiol groups is 1. The lowest BCUT2D eigenvalue weighted by atomic mass is 10.0. The van der Waals surface area contributed by atoms with E-state index < -0.39 is 5.60 Å². The van der Waals surface area contributed by atoms with Crippen LogP contribution in [0.25, 0.3) is 10.9 Å². The Labute approximate surface area is 192 Å². The highest BCUT2D eigenvalue weighted by molar-refractivity contribution is 8.15. The van der Waals surface area contributed by atoms with Gasteiger partial charge < -0.3 is 19.6 Å². The van der Waals surface area contributed by atoms with Crippen molar-refractivity contribution in [1.82, 2.24) is 4.98 Å². The standard InChI is InChI=1S/C24H28N2O3S2/c1-14(2)28-21-11-17(29-16-5-7-18(30)8-6-16)9-15-10-20(26-22(15)21)23-25-13-19(31-23)12-24(3,4)27/h5-11,14,19,26-27,30H,12-13H2,1-4H3. The topological polar surface area (TPSA) is 66.8 Å². The fourth-order valence-corrected chi connectivity index (χ4v) is 5.08. The SMILES string of the molecule is CC(C)Oc1cc(Oc2ccc(S)cc2)cc2cc(C3=NCC(CC(C)(C)O)S3)[nH]c12. The van der Waals surface area contributed by atoms with Crippen LogP contribution in [0.15, 0.2) is 52.4 Å². The van der Waals surface area contributed by atoms with Crippen LogP contribution in [0.3, 0.4) is 0 Å². The summed E-state index contributed by atoms with van der Waals surface area (Å²) in [5.74, 6) is 2.20. The Bertz CT molecular complexity index is 1100. The van der Waals surface area contributed by atoms with Gasteiger partial charge in [0.2, 0.25) is 0 Å². The first-order valence-electron chi connectivity index (χ1n) is 10.4. The molecule has 4 rings (SSSR count). The summed E-state index contributed by atoms with van der Waals surface area (Å²) >= 11 is 6.04. The number of thioether (sulfide) groups is 1. The van der Waals surface area contributed by atoms with Gasteiger partial charge in [0, 0.05) is 21.6 Å². The van der Waals surface area contributed by atoms with Gasteiger partial charge >= 0.3 is 0 Å². The third-order valence-electron chi connectivity index (χ3n) is 4.78. The fourth-order valence-electron chi connectivity index (χ4n) is 3.59. The van der Waals surface area contributed by atoms with Crippen LogP contribution in [0.5, 0.6) is 17.2 Å². The number of benzene rings is 2. The van der Waals surface area contributed by atoms with Crippen molar-refractivity contribution in [2.75, 3.05) is 6.54 Å². The molecule has 0 saturated heterocycles. The van der Waals surface area contributed by atoms with E-state index >= 15 is 0 Å². The zero-order valence-electron chi connectivity index (χ0n) is 18.2. The molecule has 0 saturated carbocycles. The molecular weight excluding hydrogens is 428 g/mol. The van der Waals surface area contributed by atoms with E-state index in [0.717, 1.165) is 38.0 Å². The predicted octanol–water partition coefficient (Wildman–Crippen LogP) is 6.06. The number of fused-ring (bicyclic) bond motifs is 1. The van der Waals surface area contributed by atoms with E-state index in [4.69, 9.17) is 14.5 Å². The van der Waals surface area contributed by atoms with Crippen LogP contribution in [0, 0.1) is 0 Å². The van der Waals surface area contributed by atoms with E-state index in [2.05, 4.69) is 23.7 Å². The molecule has 7 heteroatoms. The van der Waals surface area contributed by atoms with Crippen molar-refractivity contribution >= 4 is 40.3 Å². The van der Waals surface area contributed by atoms with Gasteiger partial charge in [-0.05, 0) is 70.5 Å². The Balaban J connectivity index is 1.63. The Morgan fingerprint density at radius 3 is 2.61 bits per heavy atom. The first-order valence-corrected chi connectivity index (χ1v) is 11.7. The third-order valence-corrected chi connectivity index (χ3v) is 6.29. The van der Waals surface area contributed by atoms with Crippen molar-refractivity contribution in [1.29, 1.82) is 0 Å². The van der Waals surface area contributed by atoms with Gasteiger partial charge in [-0.1, -0.05) is 11.8 Å². The van der Waals surface area contributed by atoms with Crippen molar-refractivity contribution in [3.63, 3.8) is 0 Å². The third kappa shape index (κ3) is 5.59. The molecular formula is C24H28N2O3S2. The number of rotatable bonds is 7. The molecule has 3 aromatic rings. The molecule has 164 valence electrons. The van der Waals surface area contributed by atoms with E-state index in [9.17, 15) is 5.11 Å². The number of hydrogen-bond donors (Lipinski definition) is 3. The van der Waals surface area contributed by atoms with E-state index in [1.165, 1.54) is 0 Å². The average molecular weight is 457 g/mol. The number of hydrogen-bond acceptors (Lipinski definition) is 6. The Morgan fingerprint density at radius 1 is 1.19 bits per heavy atom. The Morgan fingerprint density at radius 2 is 1.94 bits per heavy atom. The van der Waals surface area contributed by atoms with Gasteiger partial charge in [0.1, 0.15) is 22.3 Å². The summed E-state index contributed by atoms with van der Waals surface area (Å²) in [5.41, 5.74) is 1.19. The van der Waals surface area contributed by atoms with Gasteiger partial charge in [0.15, 0.2) is 0 Å². The number of aromatic nitrogens is 1. The second-order valence-electron chi connectivity index (χ2n) is 8.73. The van der Waals surface area contributed by atoms with Gasteiger partial charge in [-0.15, -0.1) is 12.6 Å². The zero-order valence-corrected chi connectivity index (χ0v) is 19.9. The number of aromatic amines is 1. The zero-order chi connectivity index (χ0) is 22.2. The van der Waals surface area contributed by atoms with Crippen LogP contribution < -0.4 is 9.47 Å². The highest BCUT2D eigenvalue weighted by Crippen LogP contribution is 2.37. The van der Waals surface area contributed by atoms with Crippen LogP contribution in [-0.4, -0.2) is 38.6 Å². The Hall–Kier alpha value is -2.09. The molecule has 0 bridgehead atoms. The molecule has 0 aliphatic carbocycles. The summed E-state index contributed by atoms with van der Waals surface area (Å²) < 4.78 is 12.2. The lowest BCUT2D eigenvalue weighted by molar-refractivity contribution is 0.0714. The number of aliphatic imine (C=N–C) groups is 1. The minimum absolute atomic E-state index is 0.0306. The molecule has 1 atom stereocenters. The van der Waals surface area contributed by atoms with Gasteiger partial charge in [-0.2, -0.15) is 0 Å². The fraction of sp³-hybridized carbons (Fsp3) is 0.375. The minimum atomic E-state index is -0.696. The number of H-pyrrole nitrogens is 1. The van der Waals surface area contributed by atoms with E-state index in [1.807, 2.05) is 64.1 Å². The van der Waals surface area contributed by atoms with E-state index in [0.29, 0.717) is 18.7 Å². The molecule has 2 heterocycles. The quantitative estimate of drug-likeness (QED) is 0.378. The molecule has 0 spiro atoms. The molecule has 0 fully saturated rings. The highest BCUT2D eigenvalue weighted by atomic mass is 32.2. The summed E-state index contributed by atoms with van der Waals surface area (Å²) in [5, 5.41) is 12.4. The van der Waals surface area contributed by atoms with Crippen LogP contribution in [0.1, 0.15) is 39.8 Å². The average Bonchev–Trinajstić information content (AvgIpc) is 3.28. The lowest BCUT2D eigenvalue weighted by Crippen LogP contribution is -2.25. The summed E-state index contributed by atoms with van der Waals surface area (Å²) in [4.78, 5) is 9.09. The molecule has 1 aliphatic rings. The molecule has 0 amide bonds. The normalized spacial score (nSPS) is 16.7. The van der Waals surface area contributed by atoms with Crippen molar-refractivity contribution < 1.29 is 14.6 Å². The Kier molecular flexibility index (Phi) is 6.28. The van der Waals surface area contributed by atoms with Crippen LogP contribution in [-0.2, 0) is 0 Å². The van der Waals surface area contributed by atoms with Crippen molar-refractivity contribution in [3.8, 4) is 17.2 Å². The molecule has 2 N–H and O–H groups in total. The van der Waals surface area contributed by atoms with Gasteiger partial charge in [0.25, 0.3) is 0 Å². The van der Waals surface area contributed by atoms with E-state index in [-0.39, 0.29) is 11.4 Å². The highest BCUT2D eigenvalue weighted by Gasteiger charge is 2.27. The van der Waals surface area contributed by atoms with Gasteiger partial charge in [0.05, 0.1) is 29.5 Å². The molecule has 1 aliphatic heterocycles. The molecule has 1 aromatic heterocycles. The lowest BCUT2D eigenvalue weighted by Gasteiger charge is -2.20. The number of aliphatic hydroxyl groups is 1. The van der Waals surface area contributed by atoms with Crippen LogP contribution in [0.2, 0.25) is 0 Å². The van der Waals surface area contributed by atoms with Crippen molar-refractivity contribution in [2.45, 2.75) is 56.0 Å². The predicted molar refractivity (Wildman–Crippen MR) is 132 cm³/mol. The number of ether oxygens (including phenoxy) is 2. The summed E-state index contributed by atoms with van der Waals surface area (Å²) in [6.45, 7) is 8.41. The summed E-state index contributed by atoms with van der Waals surface area (Å²) in [6, 6.07) is 13.6. The molecule has 1 unspecified atom stereocenters. The second-order valence-corrected chi connectivity index (χ2v) is 10.5. The maximum Gasteiger partial charge on any atom is 0.147 e. The molecule has 31 heavy (non-hydrogen) atoms. The summed E-state index contributed by atoms with van der Waals surface area (Å²) in [6.07, 6.45) is 0.735. The maximum absolute atomic E-state index is 10.1. The van der Waals surface area contributed by atoms with Crippen molar-refractivity contribution in [2.24, 2.45) is 4.99 Å². The molecule has 0 radical (unpaired) electrons. The monoisotopic (exact) mass is 456 g/mol. The van der Waals surface area contributed by atoms with Crippen LogP contribution in [0.4, 0.5) is 0 Å².